The minimum absolute atomic E-state index is 0.0255. The highest BCUT2D eigenvalue weighted by molar-refractivity contribution is 5.95. The molecule has 1 fully saturated rings. The number of carbonyl (C=O) groups excluding carboxylic acids is 3. The molecule has 128 valence electrons. The summed E-state index contributed by atoms with van der Waals surface area (Å²) in [6.07, 6.45) is 6.39. The molecule has 6 heteroatoms. The normalized spacial score (nSPS) is 14.2. The van der Waals surface area contributed by atoms with Crippen LogP contribution in [0.1, 0.15) is 64.7 Å². The Morgan fingerprint density at radius 1 is 1.18 bits per heavy atom. The van der Waals surface area contributed by atoms with Crippen molar-refractivity contribution in [3.05, 3.63) is 0 Å². The fourth-order valence-electron chi connectivity index (χ4n) is 1.88. The average molecular weight is 316 g/mol. The van der Waals surface area contributed by atoms with Crippen molar-refractivity contribution in [2.75, 3.05) is 19.8 Å². The number of carbonyl (C=O) groups is 3. The van der Waals surface area contributed by atoms with Gasteiger partial charge in [-0.1, -0.05) is 6.42 Å². The molecule has 0 atom stereocenters. The van der Waals surface area contributed by atoms with Crippen molar-refractivity contribution < 1.29 is 29.0 Å². The smallest absolute Gasteiger partial charge is 0.313 e. The molecule has 0 aromatic carbocycles. The molecule has 0 aliphatic carbocycles. The molecule has 1 aliphatic heterocycles. The maximum absolute atomic E-state index is 11.1. The van der Waals surface area contributed by atoms with Crippen LogP contribution >= 0.6 is 0 Å². The van der Waals surface area contributed by atoms with Crippen molar-refractivity contribution in [1.82, 2.24) is 0 Å². The summed E-state index contributed by atoms with van der Waals surface area (Å²) in [6, 6.07) is 0. The number of aliphatic hydroxyl groups excluding tert-OH is 1. The van der Waals surface area contributed by atoms with Crippen LogP contribution < -0.4 is 0 Å². The number of aliphatic hydroxyl groups is 1. The van der Waals surface area contributed by atoms with Gasteiger partial charge >= 0.3 is 11.9 Å². The van der Waals surface area contributed by atoms with E-state index >= 15 is 0 Å². The third-order valence-corrected chi connectivity index (χ3v) is 3.05. The Morgan fingerprint density at radius 3 is 2.64 bits per heavy atom. The summed E-state index contributed by atoms with van der Waals surface area (Å²) in [5.41, 5.74) is 0. The Hall–Kier alpha value is -1.43. The number of ether oxygens (including phenoxy) is 2. The van der Waals surface area contributed by atoms with Crippen LogP contribution in [0.4, 0.5) is 0 Å². The van der Waals surface area contributed by atoms with Gasteiger partial charge in [0.05, 0.1) is 13.2 Å². The number of ketones is 1. The molecule has 0 radical (unpaired) electrons. The fourth-order valence-corrected chi connectivity index (χ4v) is 1.88. The van der Waals surface area contributed by atoms with E-state index in [0.717, 1.165) is 32.1 Å². The summed E-state index contributed by atoms with van der Waals surface area (Å²) in [5.74, 6) is -0.552. The zero-order chi connectivity index (χ0) is 16.6. The van der Waals surface area contributed by atoms with Crippen molar-refractivity contribution in [3.8, 4) is 0 Å². The largest absolute Gasteiger partial charge is 0.466 e. The van der Waals surface area contributed by atoms with E-state index in [1.54, 1.807) is 6.92 Å². The van der Waals surface area contributed by atoms with E-state index in [9.17, 15) is 14.4 Å². The van der Waals surface area contributed by atoms with Crippen LogP contribution in [0.2, 0.25) is 0 Å². The lowest BCUT2D eigenvalue weighted by atomic mass is 10.1. The van der Waals surface area contributed by atoms with Crippen LogP contribution in [0.25, 0.3) is 0 Å². The third kappa shape index (κ3) is 13.5. The van der Waals surface area contributed by atoms with Crippen LogP contribution in [0.3, 0.4) is 0 Å². The van der Waals surface area contributed by atoms with Gasteiger partial charge in [-0.15, -0.1) is 0 Å². The Morgan fingerprint density at radius 2 is 1.95 bits per heavy atom. The zero-order valence-corrected chi connectivity index (χ0v) is 13.5. The van der Waals surface area contributed by atoms with Crippen molar-refractivity contribution in [2.45, 2.75) is 64.7 Å². The standard InChI is InChI=1S/C10H18O4.C6H10O2/c1-2-14-10(13)8-9(12)6-4-3-5-7-11;7-6-4-2-1-3-5-8-6/h11H,2-8H2,1H3;1-5H2. The van der Waals surface area contributed by atoms with E-state index < -0.39 is 5.97 Å². The molecule has 0 aromatic heterocycles. The predicted molar refractivity (Wildman–Crippen MR) is 81.2 cm³/mol. The molecule has 6 nitrogen and oxygen atoms in total. The molecule has 0 saturated carbocycles. The van der Waals surface area contributed by atoms with Crippen molar-refractivity contribution in [3.63, 3.8) is 0 Å². The molecule has 1 aliphatic rings. The summed E-state index contributed by atoms with van der Waals surface area (Å²) in [6.45, 7) is 2.82. The van der Waals surface area contributed by atoms with Crippen LogP contribution in [-0.2, 0) is 23.9 Å². The summed E-state index contributed by atoms with van der Waals surface area (Å²) < 4.78 is 9.40. The molecule has 0 bridgehead atoms. The Kier molecular flexibility index (Phi) is 13.6. The van der Waals surface area contributed by atoms with Crippen LogP contribution in [0, 0.1) is 0 Å². The third-order valence-electron chi connectivity index (χ3n) is 3.05. The van der Waals surface area contributed by atoms with Gasteiger partial charge in [0.15, 0.2) is 0 Å². The second kappa shape index (κ2) is 14.5. The van der Waals surface area contributed by atoms with E-state index in [-0.39, 0.29) is 24.8 Å². The van der Waals surface area contributed by atoms with Crippen molar-refractivity contribution in [2.24, 2.45) is 0 Å². The quantitative estimate of drug-likeness (QED) is 0.419. The Bertz CT molecular complexity index is 317. The molecular formula is C16H28O6. The zero-order valence-electron chi connectivity index (χ0n) is 13.5. The van der Waals surface area contributed by atoms with E-state index in [0.29, 0.717) is 32.5 Å². The molecule has 1 N–H and O–H groups in total. The van der Waals surface area contributed by atoms with E-state index in [1.165, 1.54) is 0 Å². The predicted octanol–water partition coefficient (Wildman–Crippen LogP) is 2.17. The minimum Gasteiger partial charge on any atom is -0.466 e. The van der Waals surface area contributed by atoms with Gasteiger partial charge in [0.25, 0.3) is 0 Å². The van der Waals surface area contributed by atoms with E-state index in [1.807, 2.05) is 0 Å². The van der Waals surface area contributed by atoms with Crippen molar-refractivity contribution >= 4 is 17.7 Å². The number of hydrogen-bond donors (Lipinski definition) is 1. The van der Waals surface area contributed by atoms with Crippen LogP contribution in [-0.4, -0.2) is 42.6 Å². The number of rotatable bonds is 8. The molecule has 0 spiro atoms. The van der Waals surface area contributed by atoms with Crippen LogP contribution in [0.15, 0.2) is 0 Å². The lowest BCUT2D eigenvalue weighted by molar-refractivity contribution is -0.146. The lowest BCUT2D eigenvalue weighted by Gasteiger charge is -2.01. The molecule has 0 aromatic rings. The molecule has 22 heavy (non-hydrogen) atoms. The van der Waals surface area contributed by atoms with Gasteiger partial charge in [-0.3, -0.25) is 14.4 Å². The molecule has 1 saturated heterocycles. The molecule has 1 heterocycles. The van der Waals surface area contributed by atoms with E-state index in [4.69, 9.17) is 9.84 Å². The molecule has 0 amide bonds. The molecule has 0 unspecified atom stereocenters. The summed E-state index contributed by atoms with van der Waals surface area (Å²) in [4.78, 5) is 32.4. The first kappa shape index (κ1) is 20.6. The summed E-state index contributed by atoms with van der Waals surface area (Å²) >= 11 is 0. The minimum atomic E-state index is -0.445. The average Bonchev–Trinajstić information content (AvgIpc) is 2.72. The van der Waals surface area contributed by atoms with E-state index in [2.05, 4.69) is 4.74 Å². The number of cyclic esters (lactones) is 1. The molecule has 1 rings (SSSR count). The number of esters is 2. The second-order valence-corrected chi connectivity index (χ2v) is 5.09. The number of hydrogen-bond acceptors (Lipinski definition) is 6. The maximum atomic E-state index is 11.1. The van der Waals surface area contributed by atoms with Gasteiger partial charge in [0.2, 0.25) is 0 Å². The topological polar surface area (TPSA) is 89.9 Å². The van der Waals surface area contributed by atoms with Gasteiger partial charge in [-0.25, -0.2) is 0 Å². The summed E-state index contributed by atoms with van der Waals surface area (Å²) in [7, 11) is 0. The Balaban J connectivity index is 0.000000461. The highest BCUT2D eigenvalue weighted by Crippen LogP contribution is 2.06. The lowest BCUT2D eigenvalue weighted by Crippen LogP contribution is -2.10. The molecular weight excluding hydrogens is 288 g/mol. The van der Waals surface area contributed by atoms with Gasteiger partial charge in [-0.2, -0.15) is 0 Å². The number of Topliss-reactive ketones (excluding diaryl/α,β-unsaturated/α-hetero) is 1. The van der Waals surface area contributed by atoms with Crippen LogP contribution in [0.5, 0.6) is 0 Å². The monoisotopic (exact) mass is 316 g/mol. The summed E-state index contributed by atoms with van der Waals surface area (Å²) in [5, 5.41) is 8.49. The van der Waals surface area contributed by atoms with Gasteiger partial charge in [-0.05, 0) is 39.0 Å². The van der Waals surface area contributed by atoms with Gasteiger partial charge in [0, 0.05) is 19.4 Å². The fraction of sp³-hybridized carbons (Fsp3) is 0.812. The van der Waals surface area contributed by atoms with Gasteiger partial charge < -0.3 is 14.6 Å². The first-order valence-corrected chi connectivity index (χ1v) is 8.04. The first-order valence-electron chi connectivity index (χ1n) is 8.04. The Labute approximate surface area is 132 Å². The first-order chi connectivity index (χ1) is 10.6. The second-order valence-electron chi connectivity index (χ2n) is 5.09. The highest BCUT2D eigenvalue weighted by atomic mass is 16.5. The van der Waals surface area contributed by atoms with Crippen molar-refractivity contribution in [1.29, 1.82) is 0 Å². The highest BCUT2D eigenvalue weighted by Gasteiger charge is 2.09. The van der Waals surface area contributed by atoms with Gasteiger partial charge in [0.1, 0.15) is 12.2 Å². The SMILES string of the molecule is CCOC(=O)CC(=O)CCCCCO.O=C1CCCCCO1. The maximum Gasteiger partial charge on any atom is 0.313 e. The number of unbranched alkanes of at least 4 members (excludes halogenated alkanes) is 2.